The first-order valence-corrected chi connectivity index (χ1v) is 10.1. The molecule has 1 aliphatic heterocycles. The Labute approximate surface area is 146 Å². The van der Waals surface area contributed by atoms with Gasteiger partial charge >= 0.3 is 0 Å². The van der Waals surface area contributed by atoms with Crippen molar-refractivity contribution in [3.63, 3.8) is 0 Å². The zero-order valence-corrected chi connectivity index (χ0v) is 15.8. The number of nitrogens with zero attached hydrogens (tertiary/aromatic N) is 1. The molecule has 0 aliphatic carbocycles. The first-order chi connectivity index (χ1) is 10.6. The molecule has 0 radical (unpaired) electrons. The Morgan fingerprint density at radius 1 is 1.22 bits per heavy atom. The predicted molar refractivity (Wildman–Crippen MR) is 90.5 cm³/mol. The second-order valence-corrected chi connectivity index (χ2v) is 9.44. The van der Waals surface area contributed by atoms with Gasteiger partial charge in [0.2, 0.25) is 0 Å². The van der Waals surface area contributed by atoms with Gasteiger partial charge < -0.3 is 29.4 Å². The molecule has 0 aromatic heterocycles. The van der Waals surface area contributed by atoms with E-state index in [1.54, 1.807) is 0 Å². The maximum Gasteiger partial charge on any atom is 0.108 e. The largest absolute Gasteiger partial charge is 0.550 e. The molecule has 6 nitrogen and oxygen atoms in total. The van der Waals surface area contributed by atoms with Crippen molar-refractivity contribution < 1.29 is 29.4 Å². The predicted octanol–water partition coefficient (Wildman–Crippen LogP) is -0.356. The second kappa shape index (κ2) is 12.0. The number of aliphatic carboxylic acids is 2. The van der Waals surface area contributed by atoms with Crippen LogP contribution in [0.3, 0.4) is 0 Å². The van der Waals surface area contributed by atoms with Crippen LogP contribution in [-0.4, -0.2) is 66.3 Å². The van der Waals surface area contributed by atoms with E-state index in [0.29, 0.717) is 11.0 Å². The van der Waals surface area contributed by atoms with Gasteiger partial charge in [-0.1, -0.05) is 28.0 Å². The molecule has 1 fully saturated rings. The minimum atomic E-state index is -1.20. The number of aliphatic hydroxyl groups is 1. The van der Waals surface area contributed by atoms with Crippen LogP contribution in [-0.2, 0) is 9.59 Å². The fourth-order valence-electron chi connectivity index (χ4n) is 2.09. The summed E-state index contributed by atoms with van der Waals surface area (Å²) in [5.74, 6) is -0.857. The zero-order valence-electron chi connectivity index (χ0n) is 14.2. The van der Waals surface area contributed by atoms with Crippen LogP contribution in [0, 0.1) is 0 Å². The first-order valence-electron chi connectivity index (χ1n) is 7.76. The fourth-order valence-corrected chi connectivity index (χ4v) is 5.12. The van der Waals surface area contributed by atoms with Gasteiger partial charge in [0.15, 0.2) is 0 Å². The van der Waals surface area contributed by atoms with Crippen molar-refractivity contribution in [3.8, 4) is 0 Å². The lowest BCUT2D eigenvalue weighted by atomic mass is 10.1. The molecule has 0 aromatic rings. The smallest absolute Gasteiger partial charge is 0.108 e. The van der Waals surface area contributed by atoms with Crippen molar-refractivity contribution in [2.45, 2.75) is 49.9 Å². The summed E-state index contributed by atoms with van der Waals surface area (Å²) in [4.78, 5) is 20.1. The minimum Gasteiger partial charge on any atom is -0.550 e. The monoisotopic (exact) mass is 366 g/mol. The molecular weight excluding hydrogens is 338 g/mol. The number of carbonyl (C=O) groups is 2. The van der Waals surface area contributed by atoms with Crippen molar-refractivity contribution in [3.05, 3.63) is 0 Å². The molecule has 2 atom stereocenters. The molecule has 0 spiro atoms. The Balaban J connectivity index is 0.000000423. The normalized spacial score (nSPS) is 18.9. The van der Waals surface area contributed by atoms with E-state index in [4.69, 9.17) is 5.11 Å². The standard InChI is InChI=1S/C8H14O2S2.C7H15NO3/c9-8(10)4-2-1-3-7-5-6-11-12-7;1-8(2,3)5-6(9)4-7(10)11/h7H,1-6H2,(H,9,10);6,9H,4-5H2,1-3H3/p-1. The first kappa shape index (κ1) is 22.6. The number of carbonyl (C=O) groups excluding carboxylic acids is 2. The zero-order chi connectivity index (χ0) is 17.9. The lowest BCUT2D eigenvalue weighted by Gasteiger charge is -2.26. The number of unbranched alkanes of at least 4 members (excludes halogenated alkanes) is 1. The molecule has 0 amide bonds. The second-order valence-electron chi connectivity index (χ2n) is 6.65. The minimum absolute atomic E-state index is 0.227. The summed E-state index contributed by atoms with van der Waals surface area (Å²) in [6, 6.07) is 0. The van der Waals surface area contributed by atoms with Crippen LogP contribution >= 0.6 is 21.6 Å². The lowest BCUT2D eigenvalue weighted by Crippen LogP contribution is -2.43. The highest BCUT2D eigenvalue weighted by atomic mass is 33.1. The van der Waals surface area contributed by atoms with E-state index >= 15 is 0 Å². The molecule has 8 heteroatoms. The molecule has 1 heterocycles. The quantitative estimate of drug-likeness (QED) is 0.338. The Morgan fingerprint density at radius 2 is 1.87 bits per heavy atom. The summed E-state index contributed by atoms with van der Waals surface area (Å²) < 4.78 is 0.550. The topological polar surface area (TPSA) is 100 Å². The van der Waals surface area contributed by atoms with E-state index in [0.717, 1.165) is 18.1 Å². The fraction of sp³-hybridized carbons (Fsp3) is 0.867. The summed E-state index contributed by atoms with van der Waals surface area (Å²) in [6.45, 7) is 0.425. The van der Waals surface area contributed by atoms with Crippen LogP contribution in [0.4, 0.5) is 0 Å². The molecule has 0 saturated carbocycles. The third-order valence-electron chi connectivity index (χ3n) is 3.05. The van der Waals surface area contributed by atoms with Crippen LogP contribution in [0.5, 0.6) is 0 Å². The molecule has 136 valence electrons. The maximum absolute atomic E-state index is 10.1. The van der Waals surface area contributed by atoms with Gasteiger partial charge in [0.05, 0.1) is 21.1 Å². The Hall–Kier alpha value is -0.440. The average Bonchev–Trinajstić information content (AvgIpc) is 2.84. The summed E-state index contributed by atoms with van der Waals surface area (Å²) in [6.07, 6.45) is 3.42. The highest BCUT2D eigenvalue weighted by Crippen LogP contribution is 2.39. The number of quaternary nitrogens is 1. The van der Waals surface area contributed by atoms with Gasteiger partial charge in [-0.2, -0.15) is 0 Å². The van der Waals surface area contributed by atoms with E-state index in [2.05, 4.69) is 0 Å². The molecule has 0 aromatic carbocycles. The van der Waals surface area contributed by atoms with Gasteiger partial charge in [-0.3, -0.25) is 0 Å². The summed E-state index contributed by atoms with van der Waals surface area (Å²) in [5, 5.41) is 30.0. The summed E-state index contributed by atoms with van der Waals surface area (Å²) >= 11 is 0. The molecule has 23 heavy (non-hydrogen) atoms. The van der Waals surface area contributed by atoms with Crippen molar-refractivity contribution in [2.75, 3.05) is 33.4 Å². The highest BCUT2D eigenvalue weighted by molar-refractivity contribution is 8.77. The van der Waals surface area contributed by atoms with Gasteiger partial charge in [0.1, 0.15) is 12.6 Å². The average molecular weight is 367 g/mol. The molecule has 1 N–H and O–H groups in total. The highest BCUT2D eigenvalue weighted by Gasteiger charge is 2.15. The number of hydrogen-bond donors (Lipinski definition) is 1. The summed E-state index contributed by atoms with van der Waals surface area (Å²) in [7, 11) is 9.55. The van der Waals surface area contributed by atoms with Gasteiger partial charge in [-0.25, -0.2) is 0 Å². The molecule has 0 bridgehead atoms. The van der Waals surface area contributed by atoms with Gasteiger partial charge in [-0.05, 0) is 25.7 Å². The third-order valence-corrected chi connectivity index (χ3v) is 6.05. The van der Waals surface area contributed by atoms with Crippen LogP contribution < -0.4 is 10.2 Å². The molecule has 2 unspecified atom stereocenters. The summed E-state index contributed by atoms with van der Waals surface area (Å²) in [5.41, 5.74) is 0. The van der Waals surface area contributed by atoms with Crippen molar-refractivity contribution >= 4 is 33.5 Å². The van der Waals surface area contributed by atoms with Crippen LogP contribution in [0.25, 0.3) is 0 Å². The number of likely N-dealkylation sites (N-methyl/N-ethyl adjacent to an activating group) is 1. The maximum atomic E-state index is 10.1. The van der Waals surface area contributed by atoms with Crippen LogP contribution in [0.1, 0.15) is 38.5 Å². The van der Waals surface area contributed by atoms with Crippen LogP contribution in [0.2, 0.25) is 0 Å². The Bertz CT molecular complexity index is 354. The number of rotatable bonds is 9. The van der Waals surface area contributed by atoms with Crippen molar-refractivity contribution in [1.82, 2.24) is 0 Å². The van der Waals surface area contributed by atoms with Gasteiger partial charge in [-0.15, -0.1) is 0 Å². The third kappa shape index (κ3) is 16.2. The van der Waals surface area contributed by atoms with E-state index in [1.807, 2.05) is 42.7 Å². The van der Waals surface area contributed by atoms with E-state index in [9.17, 15) is 19.8 Å². The van der Waals surface area contributed by atoms with Crippen molar-refractivity contribution in [2.24, 2.45) is 0 Å². The lowest BCUT2D eigenvalue weighted by molar-refractivity contribution is -0.873. The number of carboxylic acid groups (broad SMARTS) is 2. The Kier molecular flexibility index (Phi) is 11.8. The Morgan fingerprint density at radius 3 is 2.30 bits per heavy atom. The number of hydrogen-bond acceptors (Lipinski definition) is 7. The molecule has 1 rings (SSSR count). The number of carboxylic acids is 2. The SMILES string of the molecule is C[N+](C)(C)CC(O)CC(=O)[O-].O=C([O-])CCCCC1CCSS1. The molecule has 1 aliphatic rings. The van der Waals surface area contributed by atoms with Crippen LogP contribution in [0.15, 0.2) is 0 Å². The molecule has 1 saturated heterocycles. The van der Waals surface area contributed by atoms with Crippen molar-refractivity contribution in [1.29, 1.82) is 0 Å². The van der Waals surface area contributed by atoms with E-state index < -0.39 is 18.0 Å². The van der Waals surface area contributed by atoms with Gasteiger partial charge in [0.25, 0.3) is 0 Å². The van der Waals surface area contributed by atoms with Gasteiger partial charge in [0, 0.05) is 29.4 Å². The molecular formula is C15H28NO5S2-. The van der Waals surface area contributed by atoms with E-state index in [1.165, 1.54) is 18.6 Å². The number of aliphatic hydroxyl groups excluding tert-OH is 1. The van der Waals surface area contributed by atoms with E-state index in [-0.39, 0.29) is 12.8 Å².